The number of nitrogens with zero attached hydrogens (tertiary/aromatic N) is 2. The highest BCUT2D eigenvalue weighted by molar-refractivity contribution is 5.94. The summed E-state index contributed by atoms with van der Waals surface area (Å²) in [7, 11) is 0. The Labute approximate surface area is 141 Å². The third-order valence-corrected chi connectivity index (χ3v) is 4.56. The monoisotopic (exact) mass is 323 g/mol. The Morgan fingerprint density at radius 1 is 1.29 bits per heavy atom. The van der Waals surface area contributed by atoms with Crippen LogP contribution in [-0.2, 0) is 10.3 Å². The van der Waals surface area contributed by atoms with Gasteiger partial charge in [-0.3, -0.25) is 4.79 Å². The molecule has 0 bridgehead atoms. The van der Waals surface area contributed by atoms with Gasteiger partial charge in [0.05, 0.1) is 11.7 Å². The van der Waals surface area contributed by atoms with E-state index in [1.165, 1.54) is 0 Å². The normalized spacial score (nSPS) is 19.7. The Balaban J connectivity index is 1.78. The minimum atomic E-state index is -0.188. The van der Waals surface area contributed by atoms with Crippen molar-refractivity contribution in [2.75, 3.05) is 11.9 Å². The number of anilines is 1. The van der Waals surface area contributed by atoms with Crippen molar-refractivity contribution in [2.24, 2.45) is 0 Å². The molecule has 0 radical (unpaired) electrons. The van der Waals surface area contributed by atoms with E-state index in [0.717, 1.165) is 28.3 Å². The number of hydrogen-bond acceptors (Lipinski definition) is 3. The van der Waals surface area contributed by atoms with Gasteiger partial charge in [0.25, 0.3) is 0 Å². The number of aromatic nitrogens is 2. The predicted molar refractivity (Wildman–Crippen MR) is 93.1 cm³/mol. The lowest BCUT2D eigenvalue weighted by Gasteiger charge is -2.30. The van der Waals surface area contributed by atoms with Gasteiger partial charge in [0, 0.05) is 23.5 Å². The van der Waals surface area contributed by atoms with Crippen molar-refractivity contribution in [1.82, 2.24) is 9.78 Å². The van der Waals surface area contributed by atoms with Crippen LogP contribution in [-0.4, -0.2) is 22.3 Å². The number of hydrogen-bond donors (Lipinski definition) is 1. The van der Waals surface area contributed by atoms with Crippen LogP contribution in [0.2, 0.25) is 0 Å². The predicted octanol–water partition coefficient (Wildman–Crippen LogP) is 3.54. The van der Waals surface area contributed by atoms with Gasteiger partial charge in [-0.2, -0.15) is 5.10 Å². The smallest absolute Gasteiger partial charge is 0.226 e. The van der Waals surface area contributed by atoms with Crippen LogP contribution in [0.4, 0.5) is 5.82 Å². The number of nitrogens with one attached hydrogen (secondary N) is 1. The zero-order valence-corrected chi connectivity index (χ0v) is 14.2. The van der Waals surface area contributed by atoms with E-state index in [2.05, 4.69) is 37.3 Å². The van der Waals surface area contributed by atoms with Crippen LogP contribution in [0.25, 0.3) is 6.08 Å². The summed E-state index contributed by atoms with van der Waals surface area (Å²) in [6, 6.07) is 7.98. The van der Waals surface area contributed by atoms with E-state index >= 15 is 0 Å². The molecule has 0 saturated carbocycles. The first-order valence-electron chi connectivity index (χ1n) is 8.24. The lowest BCUT2D eigenvalue weighted by atomic mass is 9.85. The van der Waals surface area contributed by atoms with Crippen LogP contribution in [0.5, 0.6) is 5.75 Å². The maximum Gasteiger partial charge on any atom is 0.226 e. The molecule has 1 N–H and O–H groups in total. The van der Waals surface area contributed by atoms with E-state index in [-0.39, 0.29) is 17.4 Å². The molecule has 0 aliphatic carbocycles. The molecule has 2 aliphatic rings. The second-order valence-corrected chi connectivity index (χ2v) is 7.38. The maximum atomic E-state index is 12.3. The molecule has 0 unspecified atom stereocenters. The zero-order valence-electron chi connectivity index (χ0n) is 14.2. The Kier molecular flexibility index (Phi) is 3.27. The van der Waals surface area contributed by atoms with Crippen molar-refractivity contribution in [1.29, 1.82) is 0 Å². The molecular weight excluding hydrogens is 302 g/mol. The molecular formula is C19H21N3O2. The van der Waals surface area contributed by atoms with Crippen LogP contribution in [0.3, 0.4) is 0 Å². The third kappa shape index (κ3) is 2.40. The fourth-order valence-electron chi connectivity index (χ4n) is 3.39. The Morgan fingerprint density at radius 2 is 2.08 bits per heavy atom. The quantitative estimate of drug-likeness (QED) is 0.873. The van der Waals surface area contributed by atoms with E-state index in [1.807, 2.05) is 35.1 Å². The minimum Gasteiger partial charge on any atom is -0.489 e. The van der Waals surface area contributed by atoms with E-state index in [1.54, 1.807) is 0 Å². The molecule has 5 heteroatoms. The summed E-state index contributed by atoms with van der Waals surface area (Å²) >= 11 is 0. The van der Waals surface area contributed by atoms with E-state index in [9.17, 15) is 4.79 Å². The van der Waals surface area contributed by atoms with E-state index in [4.69, 9.17) is 4.74 Å². The van der Waals surface area contributed by atoms with Gasteiger partial charge in [-0.25, -0.2) is 4.68 Å². The first-order valence-corrected chi connectivity index (χ1v) is 8.24. The number of fused-ring (bicyclic) bond motifs is 2. The molecule has 0 saturated heterocycles. The molecule has 2 aromatic rings. The molecule has 5 nitrogen and oxygen atoms in total. The van der Waals surface area contributed by atoms with Crippen molar-refractivity contribution < 1.29 is 9.53 Å². The molecule has 0 fully saturated rings. The van der Waals surface area contributed by atoms with Gasteiger partial charge in [0.15, 0.2) is 0 Å². The first kappa shape index (κ1) is 15.0. The fourth-order valence-corrected chi connectivity index (χ4v) is 3.39. The van der Waals surface area contributed by atoms with Gasteiger partial charge >= 0.3 is 0 Å². The molecule has 1 amide bonds. The second kappa shape index (κ2) is 5.23. The third-order valence-electron chi connectivity index (χ3n) is 4.56. The minimum absolute atomic E-state index is 0.0122. The lowest BCUT2D eigenvalue weighted by molar-refractivity contribution is -0.116. The largest absolute Gasteiger partial charge is 0.489 e. The van der Waals surface area contributed by atoms with Crippen LogP contribution in [0.1, 0.15) is 44.2 Å². The van der Waals surface area contributed by atoms with Crippen molar-refractivity contribution >= 4 is 17.8 Å². The summed E-state index contributed by atoms with van der Waals surface area (Å²) in [5.74, 6) is 1.74. The highest BCUT2D eigenvalue weighted by Crippen LogP contribution is 2.41. The molecule has 0 spiro atoms. The standard InChI is InChI=1S/C19H21N3O2/c1-19(2,3)22-18-15(10-20-22)14(9-17(23)21-18)13-8-12-6-4-5-7-16(12)24-11-13/h4-8,10,14H,9,11H2,1-3H3,(H,21,23)/t14-/m1/s1. The molecule has 1 atom stereocenters. The second-order valence-electron chi connectivity index (χ2n) is 7.38. The van der Waals surface area contributed by atoms with Crippen molar-refractivity contribution in [3.05, 3.63) is 47.2 Å². The number of amides is 1. The highest BCUT2D eigenvalue weighted by Gasteiger charge is 2.34. The summed E-state index contributed by atoms with van der Waals surface area (Å²) < 4.78 is 7.78. The van der Waals surface area contributed by atoms with Gasteiger partial charge in [-0.05, 0) is 38.5 Å². The summed E-state index contributed by atoms with van der Waals surface area (Å²) in [4.78, 5) is 12.3. The SMILES string of the molecule is CC(C)(C)n1ncc2c1NC(=O)C[C@@H]2C1=Cc2ccccc2OC1. The molecule has 1 aromatic heterocycles. The number of benzene rings is 1. The van der Waals surface area contributed by atoms with Gasteiger partial charge in [-0.15, -0.1) is 0 Å². The summed E-state index contributed by atoms with van der Waals surface area (Å²) in [5, 5.41) is 7.52. The van der Waals surface area contributed by atoms with Gasteiger partial charge in [-0.1, -0.05) is 18.2 Å². The molecule has 4 rings (SSSR count). The van der Waals surface area contributed by atoms with Gasteiger partial charge in [0.1, 0.15) is 18.2 Å². The van der Waals surface area contributed by atoms with Gasteiger partial charge < -0.3 is 10.1 Å². The summed E-state index contributed by atoms with van der Waals surface area (Å²) in [5.41, 5.74) is 3.07. The van der Waals surface area contributed by atoms with Crippen LogP contribution in [0.15, 0.2) is 36.0 Å². The van der Waals surface area contributed by atoms with Crippen molar-refractivity contribution in [3.63, 3.8) is 0 Å². The van der Waals surface area contributed by atoms with Crippen LogP contribution < -0.4 is 10.1 Å². The fraction of sp³-hybridized carbons (Fsp3) is 0.368. The Bertz CT molecular complexity index is 843. The summed E-state index contributed by atoms with van der Waals surface area (Å²) in [6.45, 7) is 6.74. The Hall–Kier alpha value is -2.56. The molecule has 24 heavy (non-hydrogen) atoms. The average Bonchev–Trinajstić information content (AvgIpc) is 2.97. The van der Waals surface area contributed by atoms with E-state index in [0.29, 0.717) is 13.0 Å². The van der Waals surface area contributed by atoms with E-state index < -0.39 is 0 Å². The molecule has 1 aromatic carbocycles. The van der Waals surface area contributed by atoms with Crippen LogP contribution >= 0.6 is 0 Å². The average molecular weight is 323 g/mol. The van der Waals surface area contributed by atoms with Gasteiger partial charge in [0.2, 0.25) is 5.91 Å². The Morgan fingerprint density at radius 3 is 2.88 bits per heavy atom. The molecule has 2 aliphatic heterocycles. The number of carbonyl (C=O) groups excluding carboxylic acids is 1. The molecule has 3 heterocycles. The first-order chi connectivity index (χ1) is 11.4. The number of rotatable bonds is 1. The van der Waals surface area contributed by atoms with Crippen molar-refractivity contribution in [2.45, 2.75) is 38.6 Å². The lowest BCUT2D eigenvalue weighted by Crippen LogP contribution is -2.31. The topological polar surface area (TPSA) is 56.2 Å². The summed E-state index contributed by atoms with van der Waals surface area (Å²) in [6.07, 6.45) is 4.46. The highest BCUT2D eigenvalue weighted by atomic mass is 16.5. The zero-order chi connectivity index (χ0) is 16.9. The number of para-hydroxylation sites is 1. The number of carbonyl (C=O) groups is 1. The maximum absolute atomic E-state index is 12.3. The number of ether oxygens (including phenoxy) is 1. The van der Waals surface area contributed by atoms with Crippen LogP contribution in [0, 0.1) is 0 Å². The van der Waals surface area contributed by atoms with Crippen molar-refractivity contribution in [3.8, 4) is 5.75 Å². The molecule has 124 valence electrons.